The fourth-order valence-electron chi connectivity index (χ4n) is 1.30. The lowest BCUT2D eigenvalue weighted by atomic mass is 10.0. The van der Waals surface area contributed by atoms with Gasteiger partial charge in [-0.2, -0.15) is 0 Å². The van der Waals surface area contributed by atoms with Crippen molar-refractivity contribution >= 4 is 28.4 Å². The number of benzene rings is 1. The van der Waals surface area contributed by atoms with Gasteiger partial charge in [0.05, 0.1) is 11.8 Å². The molecular formula is C10H6Cl2O2. The van der Waals surface area contributed by atoms with Gasteiger partial charge >= 0.3 is 0 Å². The zero-order chi connectivity index (χ0) is 10.1. The van der Waals surface area contributed by atoms with Crippen molar-refractivity contribution in [3.8, 4) is 5.75 Å². The number of hydrogen-bond acceptors (Lipinski definition) is 2. The largest absolute Gasteiger partial charge is 0.464 e. The van der Waals surface area contributed by atoms with Gasteiger partial charge in [0.2, 0.25) is 0 Å². The summed E-state index contributed by atoms with van der Waals surface area (Å²) in [5.74, 6) is 0.719. The average molecular weight is 229 g/mol. The Hall–Kier alpha value is -0.990. The Balaban J connectivity index is 2.35. The number of ether oxygens (including phenoxy) is 1. The van der Waals surface area contributed by atoms with Gasteiger partial charge in [0.15, 0.2) is 0 Å². The second kappa shape index (κ2) is 3.64. The zero-order valence-electron chi connectivity index (χ0n) is 7.09. The highest BCUT2D eigenvalue weighted by atomic mass is 35.5. The summed E-state index contributed by atoms with van der Waals surface area (Å²) >= 11 is 11.2. The van der Waals surface area contributed by atoms with Crippen LogP contribution in [0.25, 0.3) is 0 Å². The van der Waals surface area contributed by atoms with Crippen LogP contribution in [0, 0.1) is 0 Å². The Kier molecular flexibility index (Phi) is 2.48. The Bertz CT molecular complexity index is 424. The van der Waals surface area contributed by atoms with Crippen molar-refractivity contribution in [3.63, 3.8) is 0 Å². The van der Waals surface area contributed by atoms with Crippen LogP contribution in [-0.4, -0.2) is 5.24 Å². The minimum atomic E-state index is -0.490. The summed E-state index contributed by atoms with van der Waals surface area (Å²) in [5.41, 5.74) is 1.32. The highest BCUT2D eigenvalue weighted by molar-refractivity contribution is 6.67. The molecule has 0 fully saturated rings. The van der Waals surface area contributed by atoms with Crippen molar-refractivity contribution in [2.45, 2.75) is 6.42 Å². The molecule has 0 bridgehead atoms. The molecule has 0 amide bonds. The summed E-state index contributed by atoms with van der Waals surface area (Å²) in [5, 5.41) is 0.131. The van der Waals surface area contributed by atoms with Crippen LogP contribution in [0.4, 0.5) is 0 Å². The van der Waals surface area contributed by atoms with Crippen LogP contribution >= 0.6 is 23.2 Å². The van der Waals surface area contributed by atoms with Crippen LogP contribution in [0.3, 0.4) is 0 Å². The van der Waals surface area contributed by atoms with Gasteiger partial charge < -0.3 is 4.74 Å². The highest BCUT2D eigenvalue weighted by Crippen LogP contribution is 2.29. The molecule has 1 heterocycles. The Morgan fingerprint density at radius 1 is 1.43 bits per heavy atom. The van der Waals surface area contributed by atoms with E-state index in [0.29, 0.717) is 17.0 Å². The molecule has 0 aliphatic carbocycles. The van der Waals surface area contributed by atoms with E-state index in [-0.39, 0.29) is 0 Å². The van der Waals surface area contributed by atoms with Gasteiger partial charge in [-0.15, -0.1) is 0 Å². The normalized spacial score (nSPS) is 14.0. The molecule has 0 N–H and O–H groups in total. The van der Waals surface area contributed by atoms with E-state index in [1.165, 1.54) is 6.26 Å². The van der Waals surface area contributed by atoms with E-state index in [4.69, 9.17) is 27.9 Å². The number of carbonyl (C=O) groups excluding carboxylic acids is 1. The van der Waals surface area contributed by atoms with E-state index in [2.05, 4.69) is 0 Å². The summed E-state index contributed by atoms with van der Waals surface area (Å²) in [6.07, 6.45) is 1.85. The van der Waals surface area contributed by atoms with Gasteiger partial charge in [-0.25, -0.2) is 0 Å². The fourth-order valence-corrected chi connectivity index (χ4v) is 1.60. The molecule has 0 atom stereocenters. The van der Waals surface area contributed by atoms with E-state index in [9.17, 15) is 4.79 Å². The minimum absolute atomic E-state index is 0.446. The average Bonchev–Trinajstić information content (AvgIpc) is 2.16. The molecule has 2 nitrogen and oxygen atoms in total. The van der Waals surface area contributed by atoms with Gasteiger partial charge in [0.1, 0.15) is 5.75 Å². The molecule has 1 aliphatic rings. The molecule has 1 aromatic rings. The standard InChI is InChI=1S/C10H6Cl2O2/c11-8-1-2-9-6(4-8)3-7(5-14-9)10(12)13/h1-2,4-5H,3H2. The lowest BCUT2D eigenvalue weighted by molar-refractivity contribution is -0.108. The topological polar surface area (TPSA) is 26.3 Å². The molecule has 0 saturated carbocycles. The van der Waals surface area contributed by atoms with Gasteiger partial charge in [0.25, 0.3) is 5.24 Å². The first-order valence-corrected chi connectivity index (χ1v) is 4.76. The Morgan fingerprint density at radius 2 is 2.21 bits per heavy atom. The highest BCUT2D eigenvalue weighted by Gasteiger charge is 2.16. The fraction of sp³-hybridized carbons (Fsp3) is 0.100. The quantitative estimate of drug-likeness (QED) is 0.692. The third kappa shape index (κ3) is 1.76. The zero-order valence-corrected chi connectivity index (χ0v) is 8.60. The van der Waals surface area contributed by atoms with Gasteiger partial charge in [0, 0.05) is 17.0 Å². The summed E-state index contributed by atoms with van der Waals surface area (Å²) < 4.78 is 5.23. The predicted molar refractivity (Wildman–Crippen MR) is 54.7 cm³/mol. The number of hydrogen-bond donors (Lipinski definition) is 0. The maximum Gasteiger partial charge on any atom is 0.251 e. The molecule has 72 valence electrons. The monoisotopic (exact) mass is 228 g/mol. The maximum absolute atomic E-state index is 10.9. The molecule has 0 saturated heterocycles. The SMILES string of the molecule is O=C(Cl)C1=COc2ccc(Cl)cc2C1. The molecule has 2 rings (SSSR count). The number of fused-ring (bicyclic) bond motifs is 1. The van der Waals surface area contributed by atoms with Crippen molar-refractivity contribution < 1.29 is 9.53 Å². The second-order valence-electron chi connectivity index (χ2n) is 2.96. The summed E-state index contributed by atoms with van der Waals surface area (Å²) in [6, 6.07) is 5.27. The lowest BCUT2D eigenvalue weighted by Gasteiger charge is -2.14. The van der Waals surface area contributed by atoms with Gasteiger partial charge in [-0.1, -0.05) is 11.6 Å². The number of allylic oxidation sites excluding steroid dienone is 1. The van der Waals surface area contributed by atoms with E-state index >= 15 is 0 Å². The number of carbonyl (C=O) groups is 1. The van der Waals surface area contributed by atoms with E-state index in [0.717, 1.165) is 11.3 Å². The third-order valence-corrected chi connectivity index (χ3v) is 2.46. The molecule has 4 heteroatoms. The Labute approximate surface area is 91.1 Å². The van der Waals surface area contributed by atoms with Crippen molar-refractivity contribution in [1.29, 1.82) is 0 Å². The Morgan fingerprint density at radius 3 is 2.93 bits per heavy atom. The van der Waals surface area contributed by atoms with Crippen LogP contribution in [0.15, 0.2) is 30.0 Å². The van der Waals surface area contributed by atoms with Crippen molar-refractivity contribution in [2.24, 2.45) is 0 Å². The van der Waals surface area contributed by atoms with Crippen molar-refractivity contribution in [3.05, 3.63) is 40.6 Å². The van der Waals surface area contributed by atoms with Crippen LogP contribution < -0.4 is 4.74 Å². The van der Waals surface area contributed by atoms with E-state index in [1.54, 1.807) is 18.2 Å². The van der Waals surface area contributed by atoms with Crippen molar-refractivity contribution in [2.75, 3.05) is 0 Å². The summed E-state index contributed by atoms with van der Waals surface area (Å²) in [4.78, 5) is 10.9. The predicted octanol–water partition coefficient (Wildman–Crippen LogP) is 2.92. The first-order valence-electron chi connectivity index (χ1n) is 4.01. The van der Waals surface area contributed by atoms with Crippen LogP contribution in [0.5, 0.6) is 5.75 Å². The number of halogens is 2. The molecule has 0 aromatic heterocycles. The first-order chi connectivity index (χ1) is 6.66. The molecule has 14 heavy (non-hydrogen) atoms. The van der Waals surface area contributed by atoms with E-state index < -0.39 is 5.24 Å². The third-order valence-electron chi connectivity index (χ3n) is 1.98. The molecular weight excluding hydrogens is 223 g/mol. The first kappa shape index (κ1) is 9.56. The lowest BCUT2D eigenvalue weighted by Crippen LogP contribution is -2.07. The molecule has 1 aliphatic heterocycles. The van der Waals surface area contributed by atoms with Crippen LogP contribution in [0.2, 0.25) is 5.02 Å². The smallest absolute Gasteiger partial charge is 0.251 e. The summed E-state index contributed by atoms with van der Waals surface area (Å²) in [7, 11) is 0. The number of rotatable bonds is 1. The van der Waals surface area contributed by atoms with Gasteiger partial charge in [-0.3, -0.25) is 4.79 Å². The molecule has 0 radical (unpaired) electrons. The van der Waals surface area contributed by atoms with Crippen molar-refractivity contribution in [1.82, 2.24) is 0 Å². The summed E-state index contributed by atoms with van der Waals surface area (Å²) in [6.45, 7) is 0. The maximum atomic E-state index is 10.9. The minimum Gasteiger partial charge on any atom is -0.464 e. The van der Waals surface area contributed by atoms with Crippen LogP contribution in [0.1, 0.15) is 5.56 Å². The van der Waals surface area contributed by atoms with Gasteiger partial charge in [-0.05, 0) is 29.8 Å². The molecule has 0 spiro atoms. The van der Waals surface area contributed by atoms with E-state index in [1.807, 2.05) is 0 Å². The molecule has 1 aromatic carbocycles. The van der Waals surface area contributed by atoms with Crippen LogP contribution in [-0.2, 0) is 11.2 Å². The second-order valence-corrected chi connectivity index (χ2v) is 3.74. The molecule has 0 unspecified atom stereocenters.